The second-order valence-electron chi connectivity index (χ2n) is 6.40. The zero-order chi connectivity index (χ0) is 18.4. The molecule has 4 nitrogen and oxygen atoms in total. The summed E-state index contributed by atoms with van der Waals surface area (Å²) >= 11 is 3.50. The average Bonchev–Trinajstić information content (AvgIpc) is 2.88. The number of hydrogen-bond acceptors (Lipinski definition) is 6. The van der Waals surface area contributed by atoms with Gasteiger partial charge in [-0.15, -0.1) is 23.5 Å². The second kappa shape index (κ2) is 9.44. The van der Waals surface area contributed by atoms with Gasteiger partial charge in [0.2, 0.25) is 0 Å². The Balaban J connectivity index is 1.44. The molecule has 1 aliphatic heterocycles. The molecular weight excluding hydrogens is 366 g/mol. The number of hydrogen-bond donors (Lipinski definition) is 2. The van der Waals surface area contributed by atoms with Crippen LogP contribution in [0.25, 0.3) is 0 Å². The van der Waals surface area contributed by atoms with Crippen molar-refractivity contribution in [3.05, 3.63) is 42.5 Å². The summed E-state index contributed by atoms with van der Waals surface area (Å²) in [4.78, 5) is 2.08. The molecule has 1 heterocycles. The fraction of sp³-hybridized carbons (Fsp3) is 0.400. The van der Waals surface area contributed by atoms with Gasteiger partial charge in [-0.3, -0.25) is 0 Å². The summed E-state index contributed by atoms with van der Waals surface area (Å²) in [6, 6.07) is 14.2. The van der Waals surface area contributed by atoms with Gasteiger partial charge >= 0.3 is 0 Å². The minimum atomic E-state index is 0.228. The van der Waals surface area contributed by atoms with Gasteiger partial charge in [-0.1, -0.05) is 25.1 Å². The second-order valence-corrected chi connectivity index (χ2v) is 8.52. The number of para-hydroxylation sites is 2. The third-order valence-electron chi connectivity index (χ3n) is 4.19. The van der Waals surface area contributed by atoms with Crippen molar-refractivity contribution in [2.75, 3.05) is 31.8 Å². The molecule has 1 unspecified atom stereocenters. The normalized spacial score (nSPS) is 17.7. The molecular formula is C20H25NO3S2. The largest absolute Gasteiger partial charge is 0.503 e. The number of aromatic hydroxyl groups is 1. The Bertz CT molecular complexity index is 699. The highest BCUT2D eigenvalue weighted by molar-refractivity contribution is 7.99. The van der Waals surface area contributed by atoms with E-state index in [9.17, 15) is 5.11 Å². The summed E-state index contributed by atoms with van der Waals surface area (Å²) in [5.41, 5.74) is 0. The molecule has 3 rings (SSSR count). The van der Waals surface area contributed by atoms with E-state index in [2.05, 4.69) is 24.4 Å². The molecule has 0 saturated heterocycles. The molecule has 1 aliphatic rings. The Morgan fingerprint density at radius 1 is 1.31 bits per heavy atom. The smallest absolute Gasteiger partial charge is 0.171 e. The predicted molar refractivity (Wildman–Crippen MR) is 109 cm³/mol. The van der Waals surface area contributed by atoms with Gasteiger partial charge in [0, 0.05) is 16.4 Å². The van der Waals surface area contributed by atoms with Crippen molar-refractivity contribution < 1.29 is 14.6 Å². The third kappa shape index (κ3) is 5.02. The maximum absolute atomic E-state index is 10.2. The van der Waals surface area contributed by atoms with Gasteiger partial charge in [-0.05, 0) is 36.7 Å². The van der Waals surface area contributed by atoms with Crippen molar-refractivity contribution in [3.63, 3.8) is 0 Å². The van der Waals surface area contributed by atoms with Crippen LogP contribution >= 0.6 is 23.5 Å². The number of benzene rings is 2. The molecule has 2 aromatic rings. The van der Waals surface area contributed by atoms with E-state index in [0.29, 0.717) is 24.3 Å². The zero-order valence-electron chi connectivity index (χ0n) is 15.1. The lowest BCUT2D eigenvalue weighted by Gasteiger charge is -2.19. The van der Waals surface area contributed by atoms with Gasteiger partial charge in [0.15, 0.2) is 11.5 Å². The molecule has 26 heavy (non-hydrogen) atoms. The predicted octanol–water partition coefficient (Wildman–Crippen LogP) is 4.27. The van der Waals surface area contributed by atoms with E-state index in [0.717, 1.165) is 28.7 Å². The van der Waals surface area contributed by atoms with Gasteiger partial charge in [0.05, 0.1) is 18.0 Å². The first-order valence-electron chi connectivity index (χ1n) is 8.74. The molecule has 2 N–H and O–H groups in total. The molecule has 0 spiro atoms. The van der Waals surface area contributed by atoms with Crippen molar-refractivity contribution in [1.82, 2.24) is 5.32 Å². The molecule has 2 atom stereocenters. The van der Waals surface area contributed by atoms with Crippen LogP contribution in [0.2, 0.25) is 0 Å². The lowest BCUT2D eigenvalue weighted by Crippen LogP contribution is -2.39. The van der Waals surface area contributed by atoms with E-state index in [4.69, 9.17) is 9.47 Å². The number of phenolic OH excluding ortho intramolecular Hbond substituents is 1. The highest BCUT2D eigenvalue weighted by Gasteiger charge is 2.18. The monoisotopic (exact) mass is 391 g/mol. The van der Waals surface area contributed by atoms with E-state index >= 15 is 0 Å². The summed E-state index contributed by atoms with van der Waals surface area (Å²) in [7, 11) is 1.57. The SMILES string of the molecule is COc1cccc(SC[C@H](C)CNC2COc3ccccc3SC2)c1O. The number of phenols is 1. The van der Waals surface area contributed by atoms with Crippen molar-refractivity contribution >= 4 is 23.5 Å². The Kier molecular flexibility index (Phi) is 7.00. The lowest BCUT2D eigenvalue weighted by atomic mass is 10.2. The fourth-order valence-electron chi connectivity index (χ4n) is 2.68. The Hall–Kier alpha value is -1.50. The van der Waals surface area contributed by atoms with Crippen LogP contribution in [0.5, 0.6) is 17.2 Å². The van der Waals surface area contributed by atoms with Crippen LogP contribution in [0.4, 0.5) is 0 Å². The van der Waals surface area contributed by atoms with E-state index in [1.54, 1.807) is 24.9 Å². The van der Waals surface area contributed by atoms with Gasteiger partial charge in [-0.2, -0.15) is 0 Å². The van der Waals surface area contributed by atoms with Crippen molar-refractivity contribution in [2.45, 2.75) is 22.8 Å². The van der Waals surface area contributed by atoms with E-state index in [-0.39, 0.29) is 5.75 Å². The number of methoxy groups -OCH3 is 1. The minimum Gasteiger partial charge on any atom is -0.503 e. The third-order valence-corrected chi connectivity index (χ3v) is 6.78. The first kappa shape index (κ1) is 19.3. The van der Waals surface area contributed by atoms with Crippen LogP contribution in [0.1, 0.15) is 6.92 Å². The summed E-state index contributed by atoms with van der Waals surface area (Å²) in [5.74, 6) is 4.14. The molecule has 0 aromatic heterocycles. The molecule has 0 aliphatic carbocycles. The van der Waals surface area contributed by atoms with Crippen LogP contribution in [0, 0.1) is 5.92 Å². The summed E-state index contributed by atoms with van der Waals surface area (Å²) in [5, 5.41) is 13.8. The van der Waals surface area contributed by atoms with E-state index < -0.39 is 0 Å². The molecule has 0 saturated carbocycles. The molecule has 140 valence electrons. The van der Waals surface area contributed by atoms with Crippen LogP contribution in [-0.2, 0) is 0 Å². The fourth-order valence-corrected chi connectivity index (χ4v) is 4.71. The Morgan fingerprint density at radius 3 is 3.00 bits per heavy atom. The number of thioether (sulfide) groups is 2. The van der Waals surface area contributed by atoms with Crippen molar-refractivity contribution in [2.24, 2.45) is 5.92 Å². The first-order valence-corrected chi connectivity index (χ1v) is 10.7. The molecule has 0 radical (unpaired) electrons. The van der Waals surface area contributed by atoms with Crippen LogP contribution in [0.3, 0.4) is 0 Å². The molecule has 0 fully saturated rings. The summed E-state index contributed by atoms with van der Waals surface area (Å²) in [6.07, 6.45) is 0. The van der Waals surface area contributed by atoms with Crippen LogP contribution < -0.4 is 14.8 Å². The van der Waals surface area contributed by atoms with E-state index in [1.807, 2.05) is 36.0 Å². The quantitative estimate of drug-likeness (QED) is 0.688. The zero-order valence-corrected chi connectivity index (χ0v) is 16.7. The molecule has 0 amide bonds. The van der Waals surface area contributed by atoms with Crippen LogP contribution in [-0.4, -0.2) is 42.9 Å². The Labute approximate surface area is 163 Å². The Morgan fingerprint density at radius 2 is 2.15 bits per heavy atom. The van der Waals surface area contributed by atoms with Crippen molar-refractivity contribution in [3.8, 4) is 17.2 Å². The average molecular weight is 392 g/mol. The first-order chi connectivity index (χ1) is 12.7. The number of nitrogens with one attached hydrogen (secondary N) is 1. The summed E-state index contributed by atoms with van der Waals surface area (Å²) in [6.45, 7) is 3.83. The minimum absolute atomic E-state index is 0.228. The molecule has 2 aromatic carbocycles. The number of rotatable bonds is 7. The van der Waals surface area contributed by atoms with Gasteiger partial charge in [0.25, 0.3) is 0 Å². The molecule has 6 heteroatoms. The topological polar surface area (TPSA) is 50.7 Å². The highest BCUT2D eigenvalue weighted by Crippen LogP contribution is 2.37. The van der Waals surface area contributed by atoms with Gasteiger partial charge in [0.1, 0.15) is 12.4 Å². The van der Waals surface area contributed by atoms with Gasteiger partial charge < -0.3 is 19.9 Å². The molecule has 0 bridgehead atoms. The van der Waals surface area contributed by atoms with Gasteiger partial charge in [-0.25, -0.2) is 0 Å². The number of ether oxygens (including phenoxy) is 2. The number of fused-ring (bicyclic) bond motifs is 1. The lowest BCUT2D eigenvalue weighted by molar-refractivity contribution is 0.270. The summed E-state index contributed by atoms with van der Waals surface area (Å²) < 4.78 is 11.1. The van der Waals surface area contributed by atoms with Crippen molar-refractivity contribution in [1.29, 1.82) is 0 Å². The highest BCUT2D eigenvalue weighted by atomic mass is 32.2. The maximum atomic E-state index is 10.2. The maximum Gasteiger partial charge on any atom is 0.171 e. The standard InChI is InChI=1S/C20H25NO3S2/c1-14(12-25-19-9-5-7-17(23-2)20(19)22)10-21-15-11-24-16-6-3-4-8-18(16)26-13-15/h3-9,14-15,21-22H,10-13H2,1-2H3/t14-,15?/m1/s1. The van der Waals surface area contributed by atoms with E-state index in [1.165, 1.54) is 4.90 Å². The van der Waals surface area contributed by atoms with Crippen LogP contribution in [0.15, 0.2) is 52.3 Å².